The SMILES string of the molecule is COc1ccc(NC(=O)CCCc2ccccc2)cc1-n1cnnn1. The fourth-order valence-electron chi connectivity index (χ4n) is 2.54. The van der Waals surface area contributed by atoms with Crippen LogP contribution in [0.15, 0.2) is 54.9 Å². The average molecular weight is 337 g/mol. The summed E-state index contributed by atoms with van der Waals surface area (Å²) >= 11 is 0. The zero-order valence-electron chi connectivity index (χ0n) is 13.9. The van der Waals surface area contributed by atoms with Gasteiger partial charge in [-0.1, -0.05) is 30.3 Å². The van der Waals surface area contributed by atoms with Crippen LogP contribution < -0.4 is 10.1 Å². The first-order valence-electron chi connectivity index (χ1n) is 8.01. The highest BCUT2D eigenvalue weighted by Crippen LogP contribution is 2.25. The molecule has 0 spiro atoms. The van der Waals surface area contributed by atoms with Gasteiger partial charge in [-0.2, -0.15) is 4.68 Å². The molecular weight excluding hydrogens is 318 g/mol. The number of benzene rings is 2. The Labute approximate surface area is 145 Å². The molecule has 0 aliphatic carbocycles. The van der Waals surface area contributed by atoms with Crippen LogP contribution in [-0.2, 0) is 11.2 Å². The van der Waals surface area contributed by atoms with E-state index < -0.39 is 0 Å². The highest BCUT2D eigenvalue weighted by molar-refractivity contribution is 5.91. The van der Waals surface area contributed by atoms with E-state index in [4.69, 9.17) is 4.74 Å². The van der Waals surface area contributed by atoms with Crippen molar-refractivity contribution in [3.8, 4) is 11.4 Å². The minimum absolute atomic E-state index is 0.0243. The van der Waals surface area contributed by atoms with Gasteiger partial charge in [-0.05, 0) is 47.0 Å². The Balaban J connectivity index is 1.60. The van der Waals surface area contributed by atoms with Gasteiger partial charge >= 0.3 is 0 Å². The number of nitrogens with zero attached hydrogens (tertiary/aromatic N) is 4. The predicted octanol–water partition coefficient (Wildman–Crippen LogP) is 2.63. The van der Waals surface area contributed by atoms with E-state index in [-0.39, 0.29) is 5.91 Å². The van der Waals surface area contributed by atoms with Crippen LogP contribution >= 0.6 is 0 Å². The number of aryl methyl sites for hydroxylation is 1. The number of carbonyl (C=O) groups excluding carboxylic acids is 1. The lowest BCUT2D eigenvalue weighted by Crippen LogP contribution is -2.12. The van der Waals surface area contributed by atoms with Gasteiger partial charge in [0.25, 0.3) is 0 Å². The molecule has 0 fully saturated rings. The van der Waals surface area contributed by atoms with Gasteiger partial charge in [0.15, 0.2) is 0 Å². The van der Waals surface area contributed by atoms with Crippen molar-refractivity contribution in [1.29, 1.82) is 0 Å². The fourth-order valence-corrected chi connectivity index (χ4v) is 2.54. The number of methoxy groups -OCH3 is 1. The molecule has 3 aromatic rings. The molecule has 0 atom stereocenters. The highest BCUT2D eigenvalue weighted by Gasteiger charge is 2.10. The number of nitrogens with one attached hydrogen (secondary N) is 1. The predicted molar refractivity (Wildman–Crippen MR) is 93.7 cm³/mol. The van der Waals surface area contributed by atoms with Crippen molar-refractivity contribution in [2.24, 2.45) is 0 Å². The van der Waals surface area contributed by atoms with E-state index in [2.05, 4.69) is 33.0 Å². The molecular formula is C18H19N5O2. The van der Waals surface area contributed by atoms with Gasteiger partial charge in [0.05, 0.1) is 7.11 Å². The number of rotatable bonds is 7. The Hall–Kier alpha value is -3.22. The Bertz CT molecular complexity index is 819. The summed E-state index contributed by atoms with van der Waals surface area (Å²) in [6.45, 7) is 0. The second-order valence-corrected chi connectivity index (χ2v) is 5.53. The first-order valence-corrected chi connectivity index (χ1v) is 8.01. The van der Waals surface area contributed by atoms with Crippen molar-refractivity contribution < 1.29 is 9.53 Å². The molecule has 25 heavy (non-hydrogen) atoms. The summed E-state index contributed by atoms with van der Waals surface area (Å²) in [4.78, 5) is 12.2. The van der Waals surface area contributed by atoms with Gasteiger partial charge in [-0.25, -0.2) is 0 Å². The zero-order chi connectivity index (χ0) is 17.5. The van der Waals surface area contributed by atoms with E-state index in [1.54, 1.807) is 25.3 Å². The van der Waals surface area contributed by atoms with Crippen LogP contribution in [0.5, 0.6) is 5.75 Å². The van der Waals surface area contributed by atoms with E-state index in [9.17, 15) is 4.79 Å². The molecule has 2 aromatic carbocycles. The molecule has 128 valence electrons. The minimum atomic E-state index is -0.0243. The van der Waals surface area contributed by atoms with Crippen molar-refractivity contribution in [3.63, 3.8) is 0 Å². The molecule has 0 saturated heterocycles. The largest absolute Gasteiger partial charge is 0.494 e. The van der Waals surface area contributed by atoms with E-state index in [0.717, 1.165) is 12.8 Å². The lowest BCUT2D eigenvalue weighted by atomic mass is 10.1. The van der Waals surface area contributed by atoms with Crippen LogP contribution in [0.4, 0.5) is 5.69 Å². The Morgan fingerprint density at radius 1 is 1.20 bits per heavy atom. The summed E-state index contributed by atoms with van der Waals surface area (Å²) in [6, 6.07) is 15.5. The zero-order valence-corrected chi connectivity index (χ0v) is 13.9. The number of anilines is 1. The second kappa shape index (κ2) is 8.05. The number of carbonyl (C=O) groups is 1. The summed E-state index contributed by atoms with van der Waals surface area (Å²) in [6.07, 6.45) is 3.61. The van der Waals surface area contributed by atoms with Crippen LogP contribution in [0.3, 0.4) is 0 Å². The van der Waals surface area contributed by atoms with E-state index >= 15 is 0 Å². The highest BCUT2D eigenvalue weighted by atomic mass is 16.5. The Morgan fingerprint density at radius 3 is 2.76 bits per heavy atom. The number of aromatic nitrogens is 4. The number of tetrazole rings is 1. The van der Waals surface area contributed by atoms with Crippen LogP contribution in [0.1, 0.15) is 18.4 Å². The molecule has 3 rings (SSSR count). The summed E-state index contributed by atoms with van der Waals surface area (Å²) < 4.78 is 6.80. The molecule has 0 bridgehead atoms. The normalized spacial score (nSPS) is 10.4. The van der Waals surface area contributed by atoms with Gasteiger partial charge < -0.3 is 10.1 Å². The fraction of sp³-hybridized carbons (Fsp3) is 0.222. The molecule has 0 saturated carbocycles. The van der Waals surface area contributed by atoms with Gasteiger partial charge in [-0.3, -0.25) is 4.79 Å². The van der Waals surface area contributed by atoms with Crippen molar-refractivity contribution in [2.75, 3.05) is 12.4 Å². The maximum absolute atomic E-state index is 12.2. The van der Waals surface area contributed by atoms with Gasteiger partial charge in [0.1, 0.15) is 17.8 Å². The molecule has 1 amide bonds. The summed E-state index contributed by atoms with van der Waals surface area (Å²) in [5.41, 5.74) is 2.58. The molecule has 1 N–H and O–H groups in total. The average Bonchev–Trinajstić information content (AvgIpc) is 3.17. The third kappa shape index (κ3) is 4.41. The van der Waals surface area contributed by atoms with Crippen molar-refractivity contribution >= 4 is 11.6 Å². The summed E-state index contributed by atoms with van der Waals surface area (Å²) in [5.74, 6) is 0.595. The van der Waals surface area contributed by atoms with Gasteiger partial charge in [0.2, 0.25) is 5.91 Å². The van der Waals surface area contributed by atoms with Gasteiger partial charge in [-0.15, -0.1) is 5.10 Å². The third-order valence-electron chi connectivity index (χ3n) is 3.77. The molecule has 1 heterocycles. The van der Waals surface area contributed by atoms with Crippen molar-refractivity contribution in [1.82, 2.24) is 20.2 Å². The third-order valence-corrected chi connectivity index (χ3v) is 3.77. The molecule has 0 aliphatic heterocycles. The second-order valence-electron chi connectivity index (χ2n) is 5.53. The quantitative estimate of drug-likeness (QED) is 0.717. The number of ether oxygens (including phenoxy) is 1. The molecule has 0 radical (unpaired) electrons. The van der Waals surface area contributed by atoms with Crippen LogP contribution in [0.2, 0.25) is 0 Å². The smallest absolute Gasteiger partial charge is 0.224 e. The number of amides is 1. The molecule has 7 heteroatoms. The summed E-state index contributed by atoms with van der Waals surface area (Å²) in [5, 5.41) is 14.0. The molecule has 1 aromatic heterocycles. The topological polar surface area (TPSA) is 81.9 Å². The van der Waals surface area contributed by atoms with E-state index in [1.807, 2.05) is 18.2 Å². The Morgan fingerprint density at radius 2 is 2.04 bits per heavy atom. The molecule has 7 nitrogen and oxygen atoms in total. The lowest BCUT2D eigenvalue weighted by molar-refractivity contribution is -0.116. The first-order chi connectivity index (χ1) is 12.3. The van der Waals surface area contributed by atoms with Crippen molar-refractivity contribution in [3.05, 3.63) is 60.4 Å². The maximum atomic E-state index is 12.2. The minimum Gasteiger partial charge on any atom is -0.494 e. The maximum Gasteiger partial charge on any atom is 0.224 e. The Kier molecular flexibility index (Phi) is 5.36. The first kappa shape index (κ1) is 16.6. The number of hydrogen-bond acceptors (Lipinski definition) is 5. The van der Waals surface area contributed by atoms with Crippen LogP contribution in [-0.4, -0.2) is 33.2 Å². The monoisotopic (exact) mass is 337 g/mol. The van der Waals surface area contributed by atoms with E-state index in [0.29, 0.717) is 23.5 Å². The lowest BCUT2D eigenvalue weighted by Gasteiger charge is -2.11. The molecule has 0 aliphatic rings. The standard InChI is InChI=1S/C18H19N5O2/c1-25-17-11-10-15(12-16(17)23-13-19-21-22-23)20-18(24)9-5-8-14-6-3-2-4-7-14/h2-4,6-7,10-13H,5,8-9H2,1H3,(H,20,24). The van der Waals surface area contributed by atoms with Crippen LogP contribution in [0, 0.1) is 0 Å². The van der Waals surface area contributed by atoms with E-state index in [1.165, 1.54) is 16.6 Å². The number of hydrogen-bond donors (Lipinski definition) is 1. The summed E-state index contributed by atoms with van der Waals surface area (Å²) in [7, 11) is 1.57. The van der Waals surface area contributed by atoms with Crippen molar-refractivity contribution in [2.45, 2.75) is 19.3 Å². The molecule has 0 unspecified atom stereocenters. The van der Waals surface area contributed by atoms with Crippen LogP contribution in [0.25, 0.3) is 5.69 Å². The van der Waals surface area contributed by atoms with Gasteiger partial charge in [0, 0.05) is 12.1 Å².